The molecule has 0 spiro atoms. The molecule has 0 heterocycles. The normalized spacial score (nSPS) is 9.95. The fourth-order valence-electron chi connectivity index (χ4n) is 1.60. The SMILES string of the molecule is NC(=O)c1cc(C(=O)NCCBr)c(C(=O)O)cc1C(=O)O. The molecule has 0 atom stereocenters. The van der Waals surface area contributed by atoms with Crippen LogP contribution in [-0.4, -0.2) is 45.8 Å². The third-order valence-corrected chi connectivity index (χ3v) is 2.91. The quantitative estimate of drug-likeness (QED) is 0.538. The largest absolute Gasteiger partial charge is 0.478 e. The third kappa shape index (κ3) is 3.78. The zero-order valence-electron chi connectivity index (χ0n) is 10.6. The molecule has 8 nitrogen and oxygen atoms in total. The van der Waals surface area contributed by atoms with E-state index in [0.29, 0.717) is 5.33 Å². The molecule has 112 valence electrons. The Morgan fingerprint density at radius 1 is 1.00 bits per heavy atom. The van der Waals surface area contributed by atoms with Crippen molar-refractivity contribution in [1.29, 1.82) is 0 Å². The summed E-state index contributed by atoms with van der Waals surface area (Å²) in [5.74, 6) is -4.82. The first-order chi connectivity index (χ1) is 9.79. The van der Waals surface area contributed by atoms with Gasteiger partial charge in [-0.3, -0.25) is 9.59 Å². The lowest BCUT2D eigenvalue weighted by Gasteiger charge is -2.10. The van der Waals surface area contributed by atoms with Crippen LogP contribution < -0.4 is 11.1 Å². The minimum atomic E-state index is -1.52. The predicted octanol–water partition coefficient (Wildman–Crippen LogP) is 0.307. The van der Waals surface area contributed by atoms with Crippen LogP contribution in [0, 0.1) is 0 Å². The number of halogens is 1. The number of carbonyl (C=O) groups excluding carboxylic acids is 2. The van der Waals surface area contributed by atoms with E-state index in [-0.39, 0.29) is 12.1 Å². The molecule has 2 amide bonds. The first-order valence-electron chi connectivity index (χ1n) is 5.58. The fraction of sp³-hybridized carbons (Fsp3) is 0.167. The van der Waals surface area contributed by atoms with E-state index in [9.17, 15) is 19.2 Å². The van der Waals surface area contributed by atoms with E-state index in [2.05, 4.69) is 21.2 Å². The number of carbonyl (C=O) groups is 4. The number of carboxylic acid groups (broad SMARTS) is 2. The number of hydrogen-bond donors (Lipinski definition) is 4. The van der Waals surface area contributed by atoms with Gasteiger partial charge >= 0.3 is 11.9 Å². The van der Waals surface area contributed by atoms with Gasteiger partial charge in [-0.1, -0.05) is 15.9 Å². The highest BCUT2D eigenvalue weighted by Gasteiger charge is 2.24. The Balaban J connectivity index is 3.51. The van der Waals surface area contributed by atoms with Gasteiger partial charge in [0.05, 0.1) is 22.3 Å². The lowest BCUT2D eigenvalue weighted by Crippen LogP contribution is -2.28. The van der Waals surface area contributed by atoms with Gasteiger partial charge in [-0.25, -0.2) is 9.59 Å². The summed E-state index contributed by atoms with van der Waals surface area (Å²) in [6, 6.07) is 1.62. The Morgan fingerprint density at radius 2 is 1.48 bits per heavy atom. The molecule has 0 saturated carbocycles. The van der Waals surface area contributed by atoms with E-state index in [4.69, 9.17) is 15.9 Å². The number of carboxylic acids is 2. The highest BCUT2D eigenvalue weighted by molar-refractivity contribution is 9.09. The molecule has 1 rings (SSSR count). The van der Waals surface area contributed by atoms with Crippen LogP contribution in [0.3, 0.4) is 0 Å². The molecule has 1 aromatic carbocycles. The van der Waals surface area contributed by atoms with Crippen molar-refractivity contribution >= 4 is 39.7 Å². The number of aromatic carboxylic acids is 2. The Morgan fingerprint density at radius 3 is 1.90 bits per heavy atom. The first-order valence-corrected chi connectivity index (χ1v) is 6.70. The molecule has 21 heavy (non-hydrogen) atoms. The molecule has 0 fully saturated rings. The maximum absolute atomic E-state index is 11.9. The van der Waals surface area contributed by atoms with Crippen LogP contribution in [0.5, 0.6) is 0 Å². The molecule has 1 aromatic rings. The third-order valence-electron chi connectivity index (χ3n) is 2.51. The highest BCUT2D eigenvalue weighted by atomic mass is 79.9. The number of primary amides is 1. The van der Waals surface area contributed by atoms with Crippen molar-refractivity contribution in [3.05, 3.63) is 34.4 Å². The number of hydrogen-bond acceptors (Lipinski definition) is 4. The van der Waals surface area contributed by atoms with Crippen molar-refractivity contribution in [3.8, 4) is 0 Å². The van der Waals surface area contributed by atoms with Crippen LogP contribution >= 0.6 is 15.9 Å². The van der Waals surface area contributed by atoms with Crippen LogP contribution in [0.2, 0.25) is 0 Å². The fourth-order valence-corrected chi connectivity index (χ4v) is 1.80. The minimum Gasteiger partial charge on any atom is -0.478 e. The van der Waals surface area contributed by atoms with Crippen molar-refractivity contribution in [2.45, 2.75) is 0 Å². The smallest absolute Gasteiger partial charge is 0.336 e. The van der Waals surface area contributed by atoms with Crippen LogP contribution in [0.1, 0.15) is 41.4 Å². The summed E-state index contributed by atoms with van der Waals surface area (Å²) in [7, 11) is 0. The average Bonchev–Trinajstić information content (AvgIpc) is 2.42. The number of alkyl halides is 1. The summed E-state index contributed by atoms with van der Waals surface area (Å²) in [6.45, 7) is 0.227. The summed E-state index contributed by atoms with van der Waals surface area (Å²) < 4.78 is 0. The Labute approximate surface area is 127 Å². The van der Waals surface area contributed by atoms with E-state index in [1.807, 2.05) is 0 Å². The summed E-state index contributed by atoms with van der Waals surface area (Å²) in [6.07, 6.45) is 0. The van der Waals surface area contributed by atoms with Crippen LogP contribution in [0.15, 0.2) is 12.1 Å². The van der Waals surface area contributed by atoms with E-state index in [0.717, 1.165) is 12.1 Å². The van der Waals surface area contributed by atoms with Crippen molar-refractivity contribution in [2.24, 2.45) is 5.73 Å². The van der Waals surface area contributed by atoms with Gasteiger partial charge in [0.15, 0.2) is 0 Å². The number of nitrogens with two attached hydrogens (primary N) is 1. The molecule has 0 aliphatic heterocycles. The highest BCUT2D eigenvalue weighted by Crippen LogP contribution is 2.18. The lowest BCUT2D eigenvalue weighted by molar-refractivity contribution is 0.0688. The minimum absolute atomic E-state index is 0.227. The second kappa shape index (κ2) is 6.84. The monoisotopic (exact) mass is 358 g/mol. The number of nitrogens with one attached hydrogen (secondary N) is 1. The molecule has 0 bridgehead atoms. The molecule has 0 radical (unpaired) electrons. The van der Waals surface area contributed by atoms with Crippen molar-refractivity contribution in [3.63, 3.8) is 0 Å². The predicted molar refractivity (Wildman–Crippen MR) is 75.0 cm³/mol. The summed E-state index contributed by atoms with van der Waals surface area (Å²) in [5, 5.41) is 20.9. The molecule has 0 aliphatic carbocycles. The number of rotatable bonds is 6. The topological polar surface area (TPSA) is 147 Å². The van der Waals surface area contributed by atoms with Crippen LogP contribution in [0.4, 0.5) is 0 Å². The summed E-state index contributed by atoms with van der Waals surface area (Å²) >= 11 is 3.08. The van der Waals surface area contributed by atoms with Gasteiger partial charge < -0.3 is 21.3 Å². The van der Waals surface area contributed by atoms with Crippen molar-refractivity contribution in [2.75, 3.05) is 11.9 Å². The molecular weight excluding hydrogens is 348 g/mol. The summed E-state index contributed by atoms with van der Waals surface area (Å²) in [5.41, 5.74) is 3.20. The lowest BCUT2D eigenvalue weighted by atomic mass is 9.97. The Kier molecular flexibility index (Phi) is 5.42. The number of benzene rings is 1. The number of amides is 2. The molecule has 5 N–H and O–H groups in total. The second-order valence-electron chi connectivity index (χ2n) is 3.86. The molecule has 0 saturated heterocycles. The zero-order chi connectivity index (χ0) is 16.2. The van der Waals surface area contributed by atoms with E-state index < -0.39 is 40.4 Å². The summed E-state index contributed by atoms with van der Waals surface area (Å²) in [4.78, 5) is 45.4. The van der Waals surface area contributed by atoms with Gasteiger partial charge in [-0.05, 0) is 12.1 Å². The van der Waals surface area contributed by atoms with Crippen molar-refractivity contribution < 1.29 is 29.4 Å². The van der Waals surface area contributed by atoms with Gasteiger partial charge in [-0.15, -0.1) is 0 Å². The zero-order valence-corrected chi connectivity index (χ0v) is 12.1. The van der Waals surface area contributed by atoms with E-state index in [1.165, 1.54) is 0 Å². The van der Waals surface area contributed by atoms with E-state index in [1.54, 1.807) is 0 Å². The Bertz CT molecular complexity index is 628. The Hall–Kier alpha value is -2.42. The molecule has 0 aliphatic rings. The van der Waals surface area contributed by atoms with Crippen LogP contribution in [0.25, 0.3) is 0 Å². The first kappa shape index (κ1) is 16.6. The maximum atomic E-state index is 11.9. The van der Waals surface area contributed by atoms with Crippen molar-refractivity contribution in [1.82, 2.24) is 5.32 Å². The van der Waals surface area contributed by atoms with Gasteiger partial charge in [0.25, 0.3) is 5.91 Å². The van der Waals surface area contributed by atoms with Gasteiger partial charge in [-0.2, -0.15) is 0 Å². The molecule has 0 unspecified atom stereocenters. The van der Waals surface area contributed by atoms with E-state index >= 15 is 0 Å². The maximum Gasteiger partial charge on any atom is 0.336 e. The standard InChI is InChI=1S/C12H11BrN2O6/c13-1-2-15-10(17)6-3-5(9(14)16)7(11(18)19)4-8(6)12(20)21/h3-4H,1-2H2,(H2,14,16)(H,15,17)(H,18,19)(H,20,21). The molecule has 9 heteroatoms. The van der Waals surface area contributed by atoms with Gasteiger partial charge in [0.2, 0.25) is 5.91 Å². The second-order valence-corrected chi connectivity index (χ2v) is 4.66. The molecular formula is C12H11BrN2O6. The van der Waals surface area contributed by atoms with Gasteiger partial charge in [0, 0.05) is 11.9 Å². The van der Waals surface area contributed by atoms with Crippen LogP contribution in [-0.2, 0) is 0 Å². The average molecular weight is 359 g/mol. The molecule has 0 aromatic heterocycles. The van der Waals surface area contributed by atoms with Gasteiger partial charge in [0.1, 0.15) is 0 Å².